The first-order valence-electron chi connectivity index (χ1n) is 11.7. The molecule has 1 aliphatic heterocycles. The van der Waals surface area contributed by atoms with Crippen molar-refractivity contribution in [3.63, 3.8) is 0 Å². The van der Waals surface area contributed by atoms with Crippen LogP contribution in [-0.4, -0.2) is 24.1 Å². The molecule has 0 aromatic carbocycles. The van der Waals surface area contributed by atoms with Crippen LogP contribution in [0.15, 0.2) is 60.8 Å². The van der Waals surface area contributed by atoms with Crippen LogP contribution in [-0.2, 0) is 19.1 Å². The van der Waals surface area contributed by atoms with Gasteiger partial charge < -0.3 is 9.47 Å². The summed E-state index contributed by atoms with van der Waals surface area (Å²) in [7, 11) is 0. The Bertz CT molecular complexity index is 654. The fourth-order valence-electron chi connectivity index (χ4n) is 3.32. The Hall–Kier alpha value is -2.36. The molecule has 0 aromatic heterocycles. The van der Waals surface area contributed by atoms with E-state index in [4.69, 9.17) is 9.47 Å². The van der Waals surface area contributed by atoms with Gasteiger partial charge in [-0.3, -0.25) is 9.59 Å². The molecule has 0 bridgehead atoms. The lowest BCUT2D eigenvalue weighted by Crippen LogP contribution is -2.31. The van der Waals surface area contributed by atoms with E-state index in [1.54, 1.807) is 6.92 Å². The number of hydrogen-bond donors (Lipinski definition) is 0. The van der Waals surface area contributed by atoms with Gasteiger partial charge in [0.1, 0.15) is 6.10 Å². The molecule has 1 aliphatic rings. The highest BCUT2D eigenvalue weighted by atomic mass is 16.6. The SMILES string of the molecule is CC/C=C\C/C=C\C/C=C\C/C=C\C/C=C\CC[C@@H]1C(=O)O[C@@H](C)[C@H]1OC(=O)CCC. The van der Waals surface area contributed by atoms with E-state index >= 15 is 0 Å². The van der Waals surface area contributed by atoms with Gasteiger partial charge in [-0.15, -0.1) is 0 Å². The summed E-state index contributed by atoms with van der Waals surface area (Å²) in [6.45, 7) is 5.86. The van der Waals surface area contributed by atoms with Gasteiger partial charge >= 0.3 is 11.9 Å². The quantitative estimate of drug-likeness (QED) is 0.213. The zero-order valence-corrected chi connectivity index (χ0v) is 19.5. The molecule has 0 N–H and O–H groups in total. The van der Waals surface area contributed by atoms with Crippen molar-refractivity contribution in [2.75, 3.05) is 0 Å². The summed E-state index contributed by atoms with van der Waals surface area (Å²) in [5, 5.41) is 0. The van der Waals surface area contributed by atoms with E-state index in [1.165, 1.54) is 0 Å². The van der Waals surface area contributed by atoms with Crippen molar-refractivity contribution in [2.45, 2.75) is 90.8 Å². The van der Waals surface area contributed by atoms with Gasteiger partial charge in [-0.05, 0) is 58.3 Å². The highest BCUT2D eigenvalue weighted by Crippen LogP contribution is 2.29. The van der Waals surface area contributed by atoms with Crippen molar-refractivity contribution < 1.29 is 19.1 Å². The minimum absolute atomic E-state index is 0.252. The van der Waals surface area contributed by atoms with Crippen LogP contribution in [0.4, 0.5) is 0 Å². The van der Waals surface area contributed by atoms with Crippen molar-refractivity contribution >= 4 is 11.9 Å². The first kappa shape index (κ1) is 26.7. The van der Waals surface area contributed by atoms with Crippen LogP contribution in [0.25, 0.3) is 0 Å². The molecule has 1 heterocycles. The smallest absolute Gasteiger partial charge is 0.313 e. The minimum Gasteiger partial charge on any atom is -0.458 e. The van der Waals surface area contributed by atoms with E-state index in [0.717, 1.165) is 44.9 Å². The molecule has 0 spiro atoms. The van der Waals surface area contributed by atoms with Crippen LogP contribution < -0.4 is 0 Å². The maximum Gasteiger partial charge on any atom is 0.313 e. The third-order valence-electron chi connectivity index (χ3n) is 4.99. The molecule has 31 heavy (non-hydrogen) atoms. The molecular formula is C27H40O4. The topological polar surface area (TPSA) is 52.6 Å². The van der Waals surface area contributed by atoms with E-state index in [-0.39, 0.29) is 24.0 Å². The maximum absolute atomic E-state index is 12.1. The normalized spacial score (nSPS) is 22.0. The minimum atomic E-state index is -0.464. The summed E-state index contributed by atoms with van der Waals surface area (Å²) >= 11 is 0. The van der Waals surface area contributed by atoms with Gasteiger partial charge in [-0.1, -0.05) is 74.6 Å². The van der Waals surface area contributed by atoms with Crippen molar-refractivity contribution in [3.8, 4) is 0 Å². The van der Waals surface area contributed by atoms with Crippen LogP contribution in [0.5, 0.6) is 0 Å². The van der Waals surface area contributed by atoms with E-state index in [0.29, 0.717) is 12.8 Å². The first-order valence-corrected chi connectivity index (χ1v) is 11.7. The van der Waals surface area contributed by atoms with Crippen molar-refractivity contribution in [1.82, 2.24) is 0 Å². The molecule has 0 aromatic rings. The lowest BCUT2D eigenvalue weighted by atomic mass is 9.96. The summed E-state index contributed by atoms with van der Waals surface area (Å²) < 4.78 is 10.8. The van der Waals surface area contributed by atoms with Crippen LogP contribution in [0, 0.1) is 5.92 Å². The summed E-state index contributed by atoms with van der Waals surface area (Å²) in [5.41, 5.74) is 0. The molecule has 172 valence electrons. The van der Waals surface area contributed by atoms with Gasteiger partial charge in [0.2, 0.25) is 0 Å². The summed E-state index contributed by atoms with van der Waals surface area (Å²) in [5.74, 6) is -0.871. The highest BCUT2D eigenvalue weighted by Gasteiger charge is 2.44. The monoisotopic (exact) mass is 428 g/mol. The second-order valence-corrected chi connectivity index (χ2v) is 7.74. The number of carbonyl (C=O) groups is 2. The van der Waals surface area contributed by atoms with Gasteiger partial charge in [0.05, 0.1) is 5.92 Å². The number of cyclic esters (lactones) is 1. The number of esters is 2. The molecule has 0 unspecified atom stereocenters. The standard InChI is InChI=1S/C27H40O4/c1-4-6-7-8-9-10-11-12-13-14-15-16-17-18-19-20-22-24-26(23(3)30-27(24)29)31-25(28)21-5-2/h6-7,9-10,12-13,15-16,18-19,23-24,26H,4-5,8,11,14,17,20-22H2,1-3H3/b7-6-,10-9-,13-12-,16-15-,19-18-/t23-,24-,26+/m0/s1. The first-order chi connectivity index (χ1) is 15.1. The Morgan fingerprint density at radius 2 is 1.39 bits per heavy atom. The molecule has 0 amide bonds. The Morgan fingerprint density at radius 3 is 1.90 bits per heavy atom. The third kappa shape index (κ3) is 12.2. The second kappa shape index (κ2) is 17.3. The molecule has 3 atom stereocenters. The van der Waals surface area contributed by atoms with E-state index in [1.807, 2.05) is 6.92 Å². The second-order valence-electron chi connectivity index (χ2n) is 7.74. The molecule has 0 radical (unpaired) electrons. The maximum atomic E-state index is 12.1. The van der Waals surface area contributed by atoms with E-state index in [9.17, 15) is 9.59 Å². The molecule has 1 rings (SSSR count). The Balaban J connectivity index is 2.20. The number of ether oxygens (including phenoxy) is 2. The predicted octanol–water partition coefficient (Wildman–Crippen LogP) is 6.79. The molecule has 4 nitrogen and oxygen atoms in total. The average Bonchev–Trinajstić information content (AvgIpc) is 3.00. The van der Waals surface area contributed by atoms with Crippen LogP contribution in [0.1, 0.15) is 78.6 Å². The summed E-state index contributed by atoms with van der Waals surface area (Å²) in [6, 6.07) is 0. The number of allylic oxidation sites excluding steroid dienone is 10. The zero-order chi connectivity index (χ0) is 22.7. The molecule has 4 heteroatoms. The fourth-order valence-corrected chi connectivity index (χ4v) is 3.32. The zero-order valence-electron chi connectivity index (χ0n) is 19.5. The summed E-state index contributed by atoms with van der Waals surface area (Å²) in [6.07, 6.45) is 28.2. The van der Waals surface area contributed by atoms with Gasteiger partial charge in [0, 0.05) is 6.42 Å². The van der Waals surface area contributed by atoms with E-state index < -0.39 is 6.10 Å². The fraction of sp³-hybridized carbons (Fsp3) is 0.556. The highest BCUT2D eigenvalue weighted by molar-refractivity contribution is 5.77. The van der Waals surface area contributed by atoms with Crippen LogP contribution >= 0.6 is 0 Å². The van der Waals surface area contributed by atoms with Crippen LogP contribution in [0.3, 0.4) is 0 Å². The number of carbonyl (C=O) groups excluding carboxylic acids is 2. The predicted molar refractivity (Wildman–Crippen MR) is 128 cm³/mol. The van der Waals surface area contributed by atoms with Crippen molar-refractivity contribution in [2.24, 2.45) is 5.92 Å². The molecule has 0 aliphatic carbocycles. The summed E-state index contributed by atoms with van der Waals surface area (Å²) in [4.78, 5) is 23.9. The Labute approximate surface area is 188 Å². The van der Waals surface area contributed by atoms with Gasteiger partial charge in [0.25, 0.3) is 0 Å². The largest absolute Gasteiger partial charge is 0.458 e. The average molecular weight is 429 g/mol. The molecule has 1 saturated heterocycles. The Kier molecular flexibility index (Phi) is 14.9. The lowest BCUT2D eigenvalue weighted by Gasteiger charge is -2.18. The number of rotatable bonds is 15. The molecular weight excluding hydrogens is 388 g/mol. The van der Waals surface area contributed by atoms with Gasteiger partial charge in [0.15, 0.2) is 6.10 Å². The third-order valence-corrected chi connectivity index (χ3v) is 4.99. The van der Waals surface area contributed by atoms with E-state index in [2.05, 4.69) is 67.7 Å². The van der Waals surface area contributed by atoms with Gasteiger partial charge in [-0.2, -0.15) is 0 Å². The molecule has 0 saturated carbocycles. The molecule has 1 fully saturated rings. The van der Waals surface area contributed by atoms with Crippen LogP contribution in [0.2, 0.25) is 0 Å². The lowest BCUT2D eigenvalue weighted by molar-refractivity contribution is -0.153. The Morgan fingerprint density at radius 1 is 0.871 bits per heavy atom. The van der Waals surface area contributed by atoms with Gasteiger partial charge in [-0.25, -0.2) is 0 Å². The number of hydrogen-bond acceptors (Lipinski definition) is 4. The van der Waals surface area contributed by atoms with Crippen molar-refractivity contribution in [3.05, 3.63) is 60.8 Å². The van der Waals surface area contributed by atoms with Crippen molar-refractivity contribution in [1.29, 1.82) is 0 Å².